The van der Waals surface area contributed by atoms with Crippen LogP contribution >= 0.6 is 0 Å². The highest BCUT2D eigenvalue weighted by Crippen LogP contribution is 2.43. The molecule has 1 saturated heterocycles. The Morgan fingerprint density at radius 3 is 2.62 bits per heavy atom. The van der Waals surface area contributed by atoms with Gasteiger partial charge in [-0.1, -0.05) is 24.3 Å². The SMILES string of the molecule is CCOC(=O)[C@H]1N[C@@H](c2cccc([N+](=O)[O-])c2)[C@@H]([N+](=O)[O-])[C@@H]1c1ccc2c(c1)CCC(C)(C)O2. The van der Waals surface area contributed by atoms with Crippen molar-refractivity contribution in [3.63, 3.8) is 0 Å². The van der Waals surface area contributed by atoms with Gasteiger partial charge in [-0.05, 0) is 56.4 Å². The first-order valence-corrected chi connectivity index (χ1v) is 11.2. The lowest BCUT2D eigenvalue weighted by Crippen LogP contribution is -2.38. The average molecular weight is 469 g/mol. The second kappa shape index (κ2) is 9.02. The Labute approximate surface area is 196 Å². The Balaban J connectivity index is 1.78. The highest BCUT2D eigenvalue weighted by atomic mass is 16.6. The average Bonchev–Trinajstić information content (AvgIpc) is 3.19. The summed E-state index contributed by atoms with van der Waals surface area (Å²) in [5, 5.41) is 26.7. The Kier molecular flexibility index (Phi) is 6.26. The van der Waals surface area contributed by atoms with E-state index in [0.29, 0.717) is 11.1 Å². The van der Waals surface area contributed by atoms with Crippen LogP contribution in [-0.4, -0.2) is 40.1 Å². The van der Waals surface area contributed by atoms with Crippen molar-refractivity contribution < 1.29 is 24.1 Å². The summed E-state index contributed by atoms with van der Waals surface area (Å²) in [5.41, 5.74) is 1.46. The molecule has 1 N–H and O–H groups in total. The third-order valence-corrected chi connectivity index (χ3v) is 6.50. The Morgan fingerprint density at radius 1 is 1.18 bits per heavy atom. The zero-order valence-corrected chi connectivity index (χ0v) is 19.2. The van der Waals surface area contributed by atoms with Crippen LogP contribution in [0.3, 0.4) is 0 Å². The van der Waals surface area contributed by atoms with Crippen molar-refractivity contribution in [2.45, 2.75) is 63.3 Å². The summed E-state index contributed by atoms with van der Waals surface area (Å²) < 4.78 is 11.3. The molecule has 1 fully saturated rings. The number of rotatable bonds is 6. The van der Waals surface area contributed by atoms with Gasteiger partial charge in [0.2, 0.25) is 6.04 Å². The number of hydrogen-bond donors (Lipinski definition) is 1. The molecule has 180 valence electrons. The largest absolute Gasteiger partial charge is 0.488 e. The van der Waals surface area contributed by atoms with Gasteiger partial charge >= 0.3 is 5.97 Å². The number of aryl methyl sites for hydroxylation is 1. The van der Waals surface area contributed by atoms with Gasteiger partial charge in [0.25, 0.3) is 5.69 Å². The Morgan fingerprint density at radius 2 is 1.94 bits per heavy atom. The Hall–Kier alpha value is -3.53. The van der Waals surface area contributed by atoms with E-state index in [1.807, 2.05) is 19.9 Å². The molecule has 4 rings (SSSR count). The van der Waals surface area contributed by atoms with Crippen LogP contribution in [0.2, 0.25) is 0 Å². The molecule has 2 aliphatic rings. The molecule has 0 saturated carbocycles. The fraction of sp³-hybridized carbons (Fsp3) is 0.458. The number of nitrogens with one attached hydrogen (secondary N) is 1. The zero-order valence-electron chi connectivity index (χ0n) is 19.2. The van der Waals surface area contributed by atoms with Crippen LogP contribution in [0.5, 0.6) is 5.75 Å². The second-order valence-electron chi connectivity index (χ2n) is 9.26. The number of hydrogen-bond acceptors (Lipinski definition) is 8. The summed E-state index contributed by atoms with van der Waals surface area (Å²) >= 11 is 0. The van der Waals surface area contributed by atoms with Gasteiger partial charge in [-0.2, -0.15) is 0 Å². The standard InChI is InChI=1S/C24H27N3O7/c1-4-33-23(28)21-19(15-8-9-18-14(12-15)10-11-24(2,3)34-18)22(27(31)32)20(25-21)16-6-5-7-17(13-16)26(29)30/h5-9,12-13,19-22,25H,4,10-11H2,1-3H3/t19-,20+,21+,22+/m1/s1. The highest BCUT2D eigenvalue weighted by molar-refractivity contribution is 5.78. The van der Waals surface area contributed by atoms with Crippen LogP contribution in [0.1, 0.15) is 55.8 Å². The van der Waals surface area contributed by atoms with Crippen molar-refractivity contribution >= 4 is 11.7 Å². The van der Waals surface area contributed by atoms with Crippen molar-refractivity contribution in [2.75, 3.05) is 6.61 Å². The van der Waals surface area contributed by atoms with E-state index in [1.54, 1.807) is 25.1 Å². The molecule has 2 aliphatic heterocycles. The molecule has 34 heavy (non-hydrogen) atoms. The quantitative estimate of drug-likeness (QED) is 0.384. The van der Waals surface area contributed by atoms with Gasteiger partial charge in [-0.15, -0.1) is 0 Å². The number of fused-ring (bicyclic) bond motifs is 1. The number of benzene rings is 2. The van der Waals surface area contributed by atoms with E-state index in [9.17, 15) is 25.0 Å². The molecule has 2 aromatic rings. The molecule has 0 unspecified atom stereocenters. The fourth-order valence-corrected chi connectivity index (χ4v) is 4.90. The maximum absolute atomic E-state index is 12.9. The van der Waals surface area contributed by atoms with Crippen molar-refractivity contribution in [3.05, 3.63) is 79.4 Å². The third-order valence-electron chi connectivity index (χ3n) is 6.50. The molecule has 0 bridgehead atoms. The second-order valence-corrected chi connectivity index (χ2v) is 9.26. The molecule has 2 aromatic carbocycles. The number of non-ortho nitro benzene ring substituents is 1. The van der Waals surface area contributed by atoms with Gasteiger partial charge < -0.3 is 9.47 Å². The van der Waals surface area contributed by atoms with E-state index >= 15 is 0 Å². The topological polar surface area (TPSA) is 134 Å². The third kappa shape index (κ3) is 4.45. The summed E-state index contributed by atoms with van der Waals surface area (Å²) in [4.78, 5) is 35.5. The van der Waals surface area contributed by atoms with Crippen molar-refractivity contribution in [1.29, 1.82) is 0 Å². The first-order valence-electron chi connectivity index (χ1n) is 11.2. The van der Waals surface area contributed by atoms with Gasteiger partial charge in [0, 0.05) is 17.1 Å². The normalized spacial score (nSPS) is 25.1. The molecular weight excluding hydrogens is 442 g/mol. The maximum atomic E-state index is 12.9. The monoisotopic (exact) mass is 469 g/mol. The van der Waals surface area contributed by atoms with Crippen LogP contribution in [0, 0.1) is 20.2 Å². The highest BCUT2D eigenvalue weighted by Gasteiger charge is 2.55. The van der Waals surface area contributed by atoms with Crippen LogP contribution in [0.25, 0.3) is 0 Å². The first-order chi connectivity index (χ1) is 16.1. The summed E-state index contributed by atoms with van der Waals surface area (Å²) in [6.07, 6.45) is 1.54. The van der Waals surface area contributed by atoms with Crippen LogP contribution in [0.4, 0.5) is 5.69 Å². The number of esters is 1. The summed E-state index contributed by atoms with van der Waals surface area (Å²) in [6, 6.07) is 7.98. The summed E-state index contributed by atoms with van der Waals surface area (Å²) in [7, 11) is 0. The number of ether oxygens (including phenoxy) is 2. The predicted octanol–water partition coefficient (Wildman–Crippen LogP) is 3.70. The minimum Gasteiger partial charge on any atom is -0.488 e. The lowest BCUT2D eigenvalue weighted by molar-refractivity contribution is -0.527. The van der Waals surface area contributed by atoms with Crippen LogP contribution in [-0.2, 0) is 16.0 Å². The summed E-state index contributed by atoms with van der Waals surface area (Å²) in [6.45, 7) is 5.81. The van der Waals surface area contributed by atoms with E-state index in [-0.39, 0.29) is 17.9 Å². The number of nitrogens with zero attached hydrogens (tertiary/aromatic N) is 2. The van der Waals surface area contributed by atoms with Crippen LogP contribution in [0.15, 0.2) is 42.5 Å². The molecule has 10 nitrogen and oxygen atoms in total. The van der Waals surface area contributed by atoms with Gasteiger partial charge in [-0.3, -0.25) is 30.3 Å². The number of nitro benzene ring substituents is 1. The lowest BCUT2D eigenvalue weighted by atomic mass is 9.83. The maximum Gasteiger partial charge on any atom is 0.324 e. The van der Waals surface area contributed by atoms with Gasteiger partial charge in [0.05, 0.1) is 17.4 Å². The van der Waals surface area contributed by atoms with Gasteiger partial charge in [0.15, 0.2) is 0 Å². The van der Waals surface area contributed by atoms with Gasteiger partial charge in [0.1, 0.15) is 23.4 Å². The van der Waals surface area contributed by atoms with Crippen LogP contribution < -0.4 is 10.1 Å². The number of nitro groups is 2. The molecule has 0 amide bonds. The molecule has 4 atom stereocenters. The molecule has 0 aliphatic carbocycles. The van der Waals surface area contributed by atoms with Crippen molar-refractivity contribution in [1.82, 2.24) is 5.32 Å². The molecule has 10 heteroatoms. The fourth-order valence-electron chi connectivity index (χ4n) is 4.90. The predicted molar refractivity (Wildman–Crippen MR) is 122 cm³/mol. The summed E-state index contributed by atoms with van der Waals surface area (Å²) in [5.74, 6) is -0.701. The van der Waals surface area contributed by atoms with Crippen molar-refractivity contribution in [3.8, 4) is 5.75 Å². The molecule has 2 heterocycles. The van der Waals surface area contributed by atoms with E-state index in [0.717, 1.165) is 24.2 Å². The van der Waals surface area contributed by atoms with Gasteiger partial charge in [-0.25, -0.2) is 0 Å². The minimum atomic E-state index is -1.24. The molecular formula is C24H27N3O7. The van der Waals surface area contributed by atoms with E-state index in [2.05, 4.69) is 5.32 Å². The van der Waals surface area contributed by atoms with Crippen molar-refractivity contribution in [2.24, 2.45) is 0 Å². The number of carbonyl (C=O) groups is 1. The lowest BCUT2D eigenvalue weighted by Gasteiger charge is -2.33. The first kappa shape index (κ1) is 23.6. The van der Waals surface area contributed by atoms with E-state index in [4.69, 9.17) is 9.47 Å². The van der Waals surface area contributed by atoms with E-state index < -0.39 is 39.9 Å². The zero-order chi connectivity index (χ0) is 24.6. The number of carbonyl (C=O) groups excluding carboxylic acids is 1. The molecule has 0 spiro atoms. The molecule has 0 aromatic heterocycles. The van der Waals surface area contributed by atoms with E-state index in [1.165, 1.54) is 18.2 Å². The Bertz CT molecular complexity index is 1130. The molecule has 0 radical (unpaired) electrons. The smallest absolute Gasteiger partial charge is 0.324 e. The minimum absolute atomic E-state index is 0.126.